The molecule has 1 amide bonds. The lowest BCUT2D eigenvalue weighted by molar-refractivity contribution is -0.113. The Labute approximate surface area is 157 Å². The number of benzene rings is 2. The monoisotopic (exact) mass is 437 g/mol. The second kappa shape index (κ2) is 7.38. The first kappa shape index (κ1) is 18.3. The molecule has 1 N–H and O–H groups in total. The average Bonchev–Trinajstić information content (AvgIpc) is 3.07. The van der Waals surface area contributed by atoms with E-state index < -0.39 is 27.3 Å². The van der Waals surface area contributed by atoms with Crippen molar-refractivity contribution in [2.75, 3.05) is 11.1 Å². The summed E-state index contributed by atoms with van der Waals surface area (Å²) in [6.07, 6.45) is 2.68. The van der Waals surface area contributed by atoms with Crippen LogP contribution in [0.4, 0.5) is 10.1 Å². The number of halogens is 2. The Kier molecular flexibility index (Phi) is 5.19. The molecular weight excluding hydrogens is 425 g/mol. The Bertz CT molecular complexity index is 1070. The lowest BCUT2D eigenvalue weighted by Crippen LogP contribution is -2.25. The second-order valence-electron chi connectivity index (χ2n) is 5.35. The zero-order chi connectivity index (χ0) is 18.7. The van der Waals surface area contributed by atoms with Crippen LogP contribution >= 0.6 is 15.9 Å². The standard InChI is InChI=1S/C17H13BrFN3O3S/c18-14-6-1-2-7-15(14)21-16(23)11-26(24,25)17-20-8-9-22(17)13-5-3-4-12(19)10-13/h1-10H,11H2,(H,21,23). The molecule has 0 atom stereocenters. The molecule has 0 spiro atoms. The Morgan fingerprint density at radius 2 is 1.96 bits per heavy atom. The predicted octanol–water partition coefficient (Wildman–Crippen LogP) is 3.19. The summed E-state index contributed by atoms with van der Waals surface area (Å²) in [6.45, 7) is 0. The predicted molar refractivity (Wildman–Crippen MR) is 98.3 cm³/mol. The number of sulfone groups is 1. The Hall–Kier alpha value is -2.52. The van der Waals surface area contributed by atoms with Crippen molar-refractivity contribution >= 4 is 37.4 Å². The van der Waals surface area contributed by atoms with Crippen LogP contribution in [0.5, 0.6) is 0 Å². The van der Waals surface area contributed by atoms with Gasteiger partial charge in [-0.05, 0) is 46.3 Å². The maximum absolute atomic E-state index is 13.4. The fourth-order valence-corrected chi connectivity index (χ4v) is 3.95. The number of aromatic nitrogens is 2. The molecule has 0 aliphatic rings. The van der Waals surface area contributed by atoms with Crippen molar-refractivity contribution in [2.24, 2.45) is 0 Å². The lowest BCUT2D eigenvalue weighted by atomic mass is 10.3. The normalized spacial score (nSPS) is 11.3. The van der Waals surface area contributed by atoms with E-state index in [2.05, 4.69) is 26.2 Å². The fraction of sp³-hybridized carbons (Fsp3) is 0.0588. The molecule has 26 heavy (non-hydrogen) atoms. The maximum Gasteiger partial charge on any atom is 0.240 e. The Morgan fingerprint density at radius 1 is 1.19 bits per heavy atom. The molecule has 2 aromatic carbocycles. The first-order valence-corrected chi connectivity index (χ1v) is 9.88. The molecule has 0 fully saturated rings. The molecule has 0 saturated carbocycles. The molecule has 1 aromatic heterocycles. The first-order chi connectivity index (χ1) is 12.4. The van der Waals surface area contributed by atoms with Crippen LogP contribution in [0.1, 0.15) is 0 Å². The van der Waals surface area contributed by atoms with E-state index >= 15 is 0 Å². The smallest absolute Gasteiger partial charge is 0.240 e. The van der Waals surface area contributed by atoms with Crippen molar-refractivity contribution in [3.8, 4) is 5.69 Å². The molecule has 0 aliphatic heterocycles. The molecule has 134 valence electrons. The molecule has 0 unspecified atom stereocenters. The summed E-state index contributed by atoms with van der Waals surface area (Å²) in [5, 5.41) is 2.21. The van der Waals surface area contributed by atoms with Gasteiger partial charge in [-0.15, -0.1) is 0 Å². The molecule has 1 heterocycles. The van der Waals surface area contributed by atoms with Gasteiger partial charge in [-0.2, -0.15) is 0 Å². The summed E-state index contributed by atoms with van der Waals surface area (Å²) in [5.41, 5.74) is 0.758. The average molecular weight is 438 g/mol. The van der Waals surface area contributed by atoms with Crippen molar-refractivity contribution in [3.63, 3.8) is 0 Å². The molecule has 0 saturated heterocycles. The summed E-state index contributed by atoms with van der Waals surface area (Å²) in [7, 11) is -4.04. The van der Waals surface area contributed by atoms with Crippen LogP contribution in [0, 0.1) is 5.82 Å². The van der Waals surface area contributed by atoms with Crippen LogP contribution in [0.15, 0.2) is 70.6 Å². The summed E-state index contributed by atoms with van der Waals surface area (Å²) in [5.74, 6) is -2.00. The van der Waals surface area contributed by atoms with Gasteiger partial charge in [-0.25, -0.2) is 17.8 Å². The molecular formula is C17H13BrFN3O3S. The zero-order valence-corrected chi connectivity index (χ0v) is 15.7. The van der Waals surface area contributed by atoms with E-state index in [1.165, 1.54) is 35.2 Å². The van der Waals surface area contributed by atoms with Crippen molar-refractivity contribution < 1.29 is 17.6 Å². The van der Waals surface area contributed by atoms with Crippen LogP contribution in [0.3, 0.4) is 0 Å². The summed E-state index contributed by atoms with van der Waals surface area (Å²) in [6, 6.07) is 12.3. The van der Waals surface area contributed by atoms with Gasteiger partial charge in [0.2, 0.25) is 20.9 Å². The van der Waals surface area contributed by atoms with Gasteiger partial charge in [0.1, 0.15) is 11.6 Å². The largest absolute Gasteiger partial charge is 0.324 e. The quantitative estimate of drug-likeness (QED) is 0.664. The lowest BCUT2D eigenvalue weighted by Gasteiger charge is -2.10. The molecule has 0 aliphatic carbocycles. The number of rotatable bonds is 5. The number of carbonyl (C=O) groups excluding carboxylic acids is 1. The SMILES string of the molecule is O=C(CS(=O)(=O)c1nccn1-c1cccc(F)c1)Nc1ccccc1Br. The number of hydrogen-bond donors (Lipinski definition) is 1. The molecule has 6 nitrogen and oxygen atoms in total. The highest BCUT2D eigenvalue weighted by Crippen LogP contribution is 2.22. The van der Waals surface area contributed by atoms with Gasteiger partial charge in [-0.1, -0.05) is 18.2 Å². The van der Waals surface area contributed by atoms with E-state index in [4.69, 9.17) is 0 Å². The molecule has 0 radical (unpaired) electrons. The van der Waals surface area contributed by atoms with Crippen molar-refractivity contribution in [1.82, 2.24) is 9.55 Å². The van der Waals surface area contributed by atoms with E-state index in [0.29, 0.717) is 15.8 Å². The minimum atomic E-state index is -4.04. The number of carbonyl (C=O) groups is 1. The van der Waals surface area contributed by atoms with E-state index in [1.807, 2.05) is 0 Å². The van der Waals surface area contributed by atoms with E-state index in [-0.39, 0.29) is 5.16 Å². The van der Waals surface area contributed by atoms with Crippen LogP contribution in [0.2, 0.25) is 0 Å². The number of para-hydroxylation sites is 1. The van der Waals surface area contributed by atoms with Gasteiger partial charge in [-0.3, -0.25) is 9.36 Å². The third kappa shape index (κ3) is 4.00. The first-order valence-electron chi connectivity index (χ1n) is 7.43. The Balaban J connectivity index is 1.84. The van der Waals surface area contributed by atoms with Crippen LogP contribution in [0.25, 0.3) is 5.69 Å². The van der Waals surface area contributed by atoms with Gasteiger partial charge in [0.05, 0.1) is 11.4 Å². The minimum absolute atomic E-state index is 0.298. The molecule has 9 heteroatoms. The number of amides is 1. The van der Waals surface area contributed by atoms with Gasteiger partial charge in [0.25, 0.3) is 0 Å². The second-order valence-corrected chi connectivity index (χ2v) is 8.08. The van der Waals surface area contributed by atoms with E-state index in [1.54, 1.807) is 30.3 Å². The molecule has 0 bridgehead atoms. The van der Waals surface area contributed by atoms with Gasteiger partial charge < -0.3 is 5.32 Å². The maximum atomic E-state index is 13.4. The van der Waals surface area contributed by atoms with Gasteiger partial charge in [0, 0.05) is 16.9 Å². The summed E-state index contributed by atoms with van der Waals surface area (Å²) < 4.78 is 40.5. The number of nitrogens with one attached hydrogen (secondary N) is 1. The topological polar surface area (TPSA) is 81.1 Å². The van der Waals surface area contributed by atoms with Crippen molar-refractivity contribution in [3.05, 3.63) is 71.2 Å². The third-order valence-electron chi connectivity index (χ3n) is 3.44. The minimum Gasteiger partial charge on any atom is -0.324 e. The van der Waals surface area contributed by atoms with Gasteiger partial charge in [0.15, 0.2) is 0 Å². The summed E-state index contributed by atoms with van der Waals surface area (Å²) >= 11 is 3.28. The number of imidazole rings is 1. The fourth-order valence-electron chi connectivity index (χ4n) is 2.33. The van der Waals surface area contributed by atoms with Crippen molar-refractivity contribution in [2.45, 2.75) is 5.16 Å². The highest BCUT2D eigenvalue weighted by molar-refractivity contribution is 9.10. The van der Waals surface area contributed by atoms with E-state index in [0.717, 1.165) is 0 Å². The zero-order valence-electron chi connectivity index (χ0n) is 13.3. The highest BCUT2D eigenvalue weighted by Gasteiger charge is 2.25. The molecule has 3 rings (SSSR count). The van der Waals surface area contributed by atoms with Gasteiger partial charge >= 0.3 is 0 Å². The Morgan fingerprint density at radius 3 is 2.69 bits per heavy atom. The number of anilines is 1. The summed E-state index contributed by atoms with van der Waals surface area (Å²) in [4.78, 5) is 16.0. The van der Waals surface area contributed by atoms with Crippen LogP contribution in [-0.2, 0) is 14.6 Å². The van der Waals surface area contributed by atoms with Crippen molar-refractivity contribution in [1.29, 1.82) is 0 Å². The number of nitrogens with zero attached hydrogens (tertiary/aromatic N) is 2. The van der Waals surface area contributed by atoms with Crippen LogP contribution in [-0.4, -0.2) is 29.6 Å². The highest BCUT2D eigenvalue weighted by atomic mass is 79.9. The van der Waals surface area contributed by atoms with E-state index in [9.17, 15) is 17.6 Å². The van der Waals surface area contributed by atoms with Crippen LogP contribution < -0.4 is 5.32 Å². The molecule has 3 aromatic rings. The number of hydrogen-bond acceptors (Lipinski definition) is 4. The third-order valence-corrected chi connectivity index (χ3v) is 5.63.